The summed E-state index contributed by atoms with van der Waals surface area (Å²) in [6.07, 6.45) is 0. The lowest BCUT2D eigenvalue weighted by Gasteiger charge is -2.08. The molecule has 0 fully saturated rings. The van der Waals surface area contributed by atoms with Crippen molar-refractivity contribution in [3.8, 4) is 17.7 Å². The Morgan fingerprint density at radius 2 is 1.95 bits per heavy atom. The number of rotatable bonds is 2. The zero-order valence-corrected chi connectivity index (χ0v) is 9.75. The second-order valence-corrected chi connectivity index (χ2v) is 3.70. The number of nitrogens with zero attached hydrogens (tertiary/aromatic N) is 2. The minimum Gasteiger partial charge on any atom is -0.436 e. The number of hydrogen-bond donors (Lipinski definition) is 0. The molecule has 2 rings (SSSR count). The van der Waals surface area contributed by atoms with E-state index in [1.807, 2.05) is 6.07 Å². The van der Waals surface area contributed by atoms with Crippen molar-refractivity contribution in [3.63, 3.8) is 0 Å². The van der Waals surface area contributed by atoms with Crippen LogP contribution in [0, 0.1) is 35.8 Å². The lowest BCUT2D eigenvalue weighted by Crippen LogP contribution is -2.02. The van der Waals surface area contributed by atoms with Gasteiger partial charge in [0.25, 0.3) is 11.8 Å². The summed E-state index contributed by atoms with van der Waals surface area (Å²) >= 11 is 0. The highest BCUT2D eigenvalue weighted by molar-refractivity contribution is 5.38. The Balaban J connectivity index is 2.41. The first-order valence-electron chi connectivity index (χ1n) is 5.22. The van der Waals surface area contributed by atoms with Crippen molar-refractivity contribution in [1.29, 1.82) is 5.26 Å². The van der Waals surface area contributed by atoms with E-state index in [4.69, 9.17) is 10.00 Å². The van der Waals surface area contributed by atoms with Gasteiger partial charge in [-0.2, -0.15) is 14.6 Å². The fourth-order valence-corrected chi connectivity index (χ4v) is 1.41. The molecule has 0 saturated heterocycles. The summed E-state index contributed by atoms with van der Waals surface area (Å²) in [4.78, 5) is 3.06. The zero-order chi connectivity index (χ0) is 14.0. The molecule has 0 radical (unpaired) electrons. The van der Waals surface area contributed by atoms with E-state index < -0.39 is 29.0 Å². The van der Waals surface area contributed by atoms with Crippen molar-refractivity contribution in [3.05, 3.63) is 53.0 Å². The molecule has 2 aromatic rings. The minimum absolute atomic E-state index is 0.107. The fraction of sp³-hybridized carbons (Fsp3) is 0.0769. The molecule has 96 valence electrons. The van der Waals surface area contributed by atoms with E-state index in [9.17, 15) is 13.2 Å². The molecule has 0 aliphatic carbocycles. The zero-order valence-electron chi connectivity index (χ0n) is 9.75. The van der Waals surface area contributed by atoms with Gasteiger partial charge in [0.05, 0.1) is 11.6 Å². The number of benzene rings is 1. The van der Waals surface area contributed by atoms with Crippen LogP contribution >= 0.6 is 0 Å². The molecule has 0 unspecified atom stereocenters. The van der Waals surface area contributed by atoms with E-state index in [0.717, 1.165) is 6.92 Å². The molecular formula is C13H7F3N2O. The van der Waals surface area contributed by atoms with E-state index >= 15 is 0 Å². The van der Waals surface area contributed by atoms with Gasteiger partial charge in [-0.1, -0.05) is 6.07 Å². The lowest BCUT2D eigenvalue weighted by atomic mass is 10.2. The standard InChI is InChI=1S/C13H7F3N2O/c1-7-10(14)12(16)18-13(11(7)15)19-9-4-2-3-8(5-9)6-17/h2-5H,1H3/i6+1,17+1. The molecule has 0 aliphatic rings. The first-order chi connectivity index (χ1) is 9.02. The number of pyridine rings is 1. The molecule has 1 heterocycles. The third-order valence-corrected chi connectivity index (χ3v) is 2.40. The Morgan fingerprint density at radius 3 is 2.63 bits per heavy atom. The third-order valence-electron chi connectivity index (χ3n) is 2.40. The molecule has 0 amide bonds. The van der Waals surface area contributed by atoms with E-state index in [-0.39, 0.29) is 11.3 Å². The number of ether oxygens (including phenoxy) is 1. The van der Waals surface area contributed by atoms with Gasteiger partial charge < -0.3 is 4.74 Å². The van der Waals surface area contributed by atoms with E-state index in [1.54, 1.807) is 0 Å². The van der Waals surface area contributed by atoms with Crippen LogP contribution in [0.2, 0.25) is 0 Å². The topological polar surface area (TPSA) is 45.9 Å². The first-order valence-corrected chi connectivity index (χ1v) is 5.22. The third kappa shape index (κ3) is 2.50. The number of halogens is 3. The molecule has 0 saturated carbocycles. The SMILES string of the molecule is Cc1c(F)c(F)nc(Oc2cccc([13C]#[15N])c2)c1F. The maximum Gasteiger partial charge on any atom is 0.259 e. The predicted octanol–water partition coefficient (Wildman–Crippen LogP) is 3.47. The Kier molecular flexibility index (Phi) is 3.38. The second kappa shape index (κ2) is 4.98. The average molecular weight is 266 g/mol. The highest BCUT2D eigenvalue weighted by Gasteiger charge is 2.18. The second-order valence-electron chi connectivity index (χ2n) is 3.70. The van der Waals surface area contributed by atoms with Gasteiger partial charge in [0.2, 0.25) is 0 Å². The number of aromatic nitrogens is 1. The van der Waals surface area contributed by atoms with Crippen molar-refractivity contribution in [2.45, 2.75) is 6.92 Å². The van der Waals surface area contributed by atoms with E-state index in [0.29, 0.717) is 0 Å². The summed E-state index contributed by atoms with van der Waals surface area (Å²) in [6.45, 7) is 1.08. The van der Waals surface area contributed by atoms with Gasteiger partial charge in [0, 0.05) is 5.56 Å². The van der Waals surface area contributed by atoms with Gasteiger partial charge in [0.15, 0.2) is 11.6 Å². The summed E-state index contributed by atoms with van der Waals surface area (Å²) in [5.41, 5.74) is -0.226. The molecule has 1 aromatic heterocycles. The molecule has 0 spiro atoms. The van der Waals surface area contributed by atoms with Gasteiger partial charge >= 0.3 is 0 Å². The maximum absolute atomic E-state index is 13.7. The minimum atomic E-state index is -1.44. The van der Waals surface area contributed by atoms with Gasteiger partial charge in [-0.25, -0.2) is 8.78 Å². The van der Waals surface area contributed by atoms with Crippen molar-refractivity contribution in [1.82, 2.24) is 4.98 Å². The van der Waals surface area contributed by atoms with Gasteiger partial charge in [-0.05, 0) is 25.1 Å². The number of nitriles is 1. The molecule has 1 aromatic carbocycles. The van der Waals surface area contributed by atoms with Crippen molar-refractivity contribution in [2.75, 3.05) is 0 Å². The van der Waals surface area contributed by atoms with Crippen LogP contribution in [0.3, 0.4) is 0 Å². The van der Waals surface area contributed by atoms with Crippen LogP contribution in [0.5, 0.6) is 11.6 Å². The molecule has 6 heteroatoms. The Bertz CT molecular complexity index is 680. The molecule has 0 aliphatic heterocycles. The summed E-state index contributed by atoms with van der Waals surface area (Å²) in [5.74, 6) is -4.44. The van der Waals surface area contributed by atoms with E-state index in [2.05, 4.69) is 4.98 Å². The van der Waals surface area contributed by atoms with Crippen LogP contribution in [0.1, 0.15) is 11.1 Å². The smallest absolute Gasteiger partial charge is 0.259 e. The van der Waals surface area contributed by atoms with Gasteiger partial charge in [-0.3, -0.25) is 0 Å². The van der Waals surface area contributed by atoms with Crippen LogP contribution in [-0.4, -0.2) is 4.98 Å². The Hall–Kier alpha value is -2.55. The molecular weight excluding hydrogens is 259 g/mol. The lowest BCUT2D eigenvalue weighted by molar-refractivity contribution is 0.382. The fourth-order valence-electron chi connectivity index (χ4n) is 1.41. The highest BCUT2D eigenvalue weighted by atomic mass is 19.2. The summed E-state index contributed by atoms with van der Waals surface area (Å²) in [6, 6.07) is 7.68. The van der Waals surface area contributed by atoms with Crippen molar-refractivity contribution in [2.24, 2.45) is 0 Å². The molecule has 0 N–H and O–H groups in total. The summed E-state index contributed by atoms with van der Waals surface area (Å²) < 4.78 is 44.8. The molecule has 3 nitrogen and oxygen atoms in total. The largest absolute Gasteiger partial charge is 0.436 e. The van der Waals surface area contributed by atoms with Crippen LogP contribution < -0.4 is 4.74 Å². The van der Waals surface area contributed by atoms with Crippen LogP contribution in [0.25, 0.3) is 0 Å². The summed E-state index contributed by atoms with van der Waals surface area (Å²) in [7, 11) is 0. The quantitative estimate of drug-likeness (QED) is 0.475. The van der Waals surface area contributed by atoms with Crippen LogP contribution in [-0.2, 0) is 0 Å². The molecule has 0 bridgehead atoms. The number of hydrogen-bond acceptors (Lipinski definition) is 3. The Morgan fingerprint density at radius 1 is 1.21 bits per heavy atom. The Labute approximate surface area is 106 Å². The maximum atomic E-state index is 13.7. The normalized spacial score (nSPS) is 10.1. The first kappa shape index (κ1) is 12.9. The van der Waals surface area contributed by atoms with E-state index in [1.165, 1.54) is 24.3 Å². The van der Waals surface area contributed by atoms with Crippen LogP contribution in [0.15, 0.2) is 24.3 Å². The highest BCUT2D eigenvalue weighted by Crippen LogP contribution is 2.26. The van der Waals surface area contributed by atoms with Crippen molar-refractivity contribution >= 4 is 0 Å². The van der Waals surface area contributed by atoms with Crippen molar-refractivity contribution < 1.29 is 17.9 Å². The van der Waals surface area contributed by atoms with Gasteiger partial charge in [0.1, 0.15) is 5.75 Å². The predicted molar refractivity (Wildman–Crippen MR) is 60.1 cm³/mol. The summed E-state index contributed by atoms with van der Waals surface area (Å²) in [5, 5.41) is 8.70. The van der Waals surface area contributed by atoms with Crippen LogP contribution in [0.4, 0.5) is 13.2 Å². The van der Waals surface area contributed by atoms with Gasteiger partial charge in [-0.15, -0.1) is 0 Å². The monoisotopic (exact) mass is 266 g/mol. The average Bonchev–Trinajstić information content (AvgIpc) is 2.42. The molecule has 19 heavy (non-hydrogen) atoms. The molecule has 0 atom stereocenters.